The van der Waals surface area contributed by atoms with Crippen molar-refractivity contribution < 1.29 is 14.7 Å². The molecule has 180 valence electrons. The second-order valence-corrected chi connectivity index (χ2v) is 9.92. The zero-order valence-electron chi connectivity index (χ0n) is 19.7. The Morgan fingerprint density at radius 1 is 0.941 bits per heavy atom. The van der Waals surface area contributed by atoms with Gasteiger partial charge in [0.15, 0.2) is 0 Å². The van der Waals surface area contributed by atoms with Crippen molar-refractivity contribution in [3.8, 4) is 0 Å². The number of hydrogen-bond acceptors (Lipinski definition) is 5. The summed E-state index contributed by atoms with van der Waals surface area (Å²) in [6.07, 6.45) is 2.12. The first-order chi connectivity index (χ1) is 16.5. The molecule has 3 aliphatic rings. The molecule has 7 nitrogen and oxygen atoms in total. The van der Waals surface area contributed by atoms with Crippen LogP contribution in [0.5, 0.6) is 0 Å². The Morgan fingerprint density at radius 3 is 2.47 bits per heavy atom. The largest absolute Gasteiger partial charge is 0.387 e. The van der Waals surface area contributed by atoms with Crippen molar-refractivity contribution >= 4 is 17.5 Å². The molecule has 0 radical (unpaired) electrons. The predicted molar refractivity (Wildman–Crippen MR) is 132 cm³/mol. The minimum absolute atomic E-state index is 0.0422. The third-order valence-corrected chi connectivity index (χ3v) is 7.35. The number of rotatable bonds is 6. The summed E-state index contributed by atoms with van der Waals surface area (Å²) in [5.41, 5.74) is 1.98. The monoisotopic (exact) mass is 462 g/mol. The van der Waals surface area contributed by atoms with Gasteiger partial charge in [0, 0.05) is 70.0 Å². The Bertz CT molecular complexity index is 1020. The summed E-state index contributed by atoms with van der Waals surface area (Å²) in [5.74, 6) is 0.144. The lowest BCUT2D eigenvalue weighted by molar-refractivity contribution is -0.128. The average molecular weight is 463 g/mol. The number of nitrogens with zero attached hydrogens (tertiary/aromatic N) is 4. The predicted octanol–water partition coefficient (Wildman–Crippen LogP) is 2.21. The number of piperazine rings is 1. The van der Waals surface area contributed by atoms with E-state index in [1.54, 1.807) is 4.90 Å². The molecule has 3 fully saturated rings. The standard InChI is InChI=1S/C27H34N4O3/c32-25-10-5-12-30(25)19-22-6-4-7-23(18-22)26(33)31-13-11-27(34,21-31)20-28-14-16-29(17-15-28)24-8-2-1-3-9-24/h1-4,6-9,18,34H,5,10-17,19-21H2/t27-/m1/s1. The van der Waals surface area contributed by atoms with Crippen molar-refractivity contribution in [2.24, 2.45) is 0 Å². The van der Waals surface area contributed by atoms with Crippen molar-refractivity contribution in [3.63, 3.8) is 0 Å². The van der Waals surface area contributed by atoms with E-state index in [0.717, 1.165) is 44.7 Å². The van der Waals surface area contributed by atoms with Gasteiger partial charge in [-0.05, 0) is 42.7 Å². The topological polar surface area (TPSA) is 67.3 Å². The Hall–Kier alpha value is -2.90. The van der Waals surface area contributed by atoms with E-state index in [2.05, 4.69) is 34.1 Å². The maximum Gasteiger partial charge on any atom is 0.253 e. The van der Waals surface area contributed by atoms with Crippen LogP contribution in [0.2, 0.25) is 0 Å². The summed E-state index contributed by atoms with van der Waals surface area (Å²) < 4.78 is 0. The van der Waals surface area contributed by atoms with Gasteiger partial charge < -0.3 is 19.8 Å². The molecule has 3 heterocycles. The fourth-order valence-corrected chi connectivity index (χ4v) is 5.45. The average Bonchev–Trinajstić information content (AvgIpc) is 3.45. The number of likely N-dealkylation sites (tertiary alicyclic amines) is 2. The molecular weight excluding hydrogens is 428 g/mol. The van der Waals surface area contributed by atoms with E-state index in [-0.39, 0.29) is 11.8 Å². The van der Waals surface area contributed by atoms with E-state index in [4.69, 9.17) is 0 Å². The number of amides is 2. The van der Waals surface area contributed by atoms with Gasteiger partial charge in [-0.3, -0.25) is 14.5 Å². The van der Waals surface area contributed by atoms with Crippen LogP contribution in [-0.2, 0) is 11.3 Å². The zero-order valence-corrected chi connectivity index (χ0v) is 19.7. The van der Waals surface area contributed by atoms with E-state index in [1.165, 1.54) is 5.69 Å². The third-order valence-electron chi connectivity index (χ3n) is 7.35. The molecule has 34 heavy (non-hydrogen) atoms. The van der Waals surface area contributed by atoms with E-state index >= 15 is 0 Å². The molecule has 0 aromatic heterocycles. The number of para-hydroxylation sites is 1. The van der Waals surface area contributed by atoms with E-state index < -0.39 is 5.60 Å². The highest BCUT2D eigenvalue weighted by Crippen LogP contribution is 2.26. The molecule has 2 amide bonds. The van der Waals surface area contributed by atoms with Gasteiger partial charge in [-0.1, -0.05) is 30.3 Å². The summed E-state index contributed by atoms with van der Waals surface area (Å²) in [7, 11) is 0. The molecule has 3 aliphatic heterocycles. The summed E-state index contributed by atoms with van der Waals surface area (Å²) in [6, 6.07) is 18.0. The number of carbonyl (C=O) groups excluding carboxylic acids is 2. The number of hydrogen-bond donors (Lipinski definition) is 1. The molecule has 0 spiro atoms. The summed E-state index contributed by atoms with van der Waals surface area (Å²) >= 11 is 0. The maximum atomic E-state index is 13.2. The molecule has 7 heteroatoms. The molecule has 2 aromatic rings. The minimum Gasteiger partial charge on any atom is -0.387 e. The summed E-state index contributed by atoms with van der Waals surface area (Å²) in [4.78, 5) is 33.5. The van der Waals surface area contributed by atoms with Gasteiger partial charge in [-0.25, -0.2) is 0 Å². The Morgan fingerprint density at radius 2 is 1.74 bits per heavy atom. The Labute approximate surface area is 201 Å². The van der Waals surface area contributed by atoms with E-state index in [0.29, 0.717) is 44.6 Å². The van der Waals surface area contributed by atoms with Crippen LogP contribution in [0.3, 0.4) is 0 Å². The van der Waals surface area contributed by atoms with Gasteiger partial charge >= 0.3 is 0 Å². The summed E-state index contributed by atoms with van der Waals surface area (Å²) in [6.45, 7) is 6.55. The van der Waals surface area contributed by atoms with Crippen LogP contribution in [0.25, 0.3) is 0 Å². The van der Waals surface area contributed by atoms with Gasteiger partial charge in [-0.15, -0.1) is 0 Å². The molecule has 0 bridgehead atoms. The van der Waals surface area contributed by atoms with Gasteiger partial charge in [-0.2, -0.15) is 0 Å². The van der Waals surface area contributed by atoms with Crippen LogP contribution in [0.15, 0.2) is 54.6 Å². The first-order valence-corrected chi connectivity index (χ1v) is 12.4. The lowest BCUT2D eigenvalue weighted by atomic mass is 10.0. The lowest BCUT2D eigenvalue weighted by Crippen LogP contribution is -2.53. The normalized spacial score (nSPS) is 23.7. The summed E-state index contributed by atoms with van der Waals surface area (Å²) in [5, 5.41) is 11.3. The van der Waals surface area contributed by atoms with Crippen LogP contribution < -0.4 is 4.90 Å². The first-order valence-electron chi connectivity index (χ1n) is 12.4. The van der Waals surface area contributed by atoms with Gasteiger partial charge in [0.1, 0.15) is 0 Å². The van der Waals surface area contributed by atoms with Crippen molar-refractivity contribution in [2.75, 3.05) is 57.3 Å². The van der Waals surface area contributed by atoms with Crippen molar-refractivity contribution in [3.05, 3.63) is 65.7 Å². The Kier molecular flexibility index (Phi) is 6.57. The molecule has 1 atom stereocenters. The minimum atomic E-state index is -0.871. The molecule has 0 aliphatic carbocycles. The van der Waals surface area contributed by atoms with Crippen LogP contribution >= 0.6 is 0 Å². The van der Waals surface area contributed by atoms with Crippen molar-refractivity contribution in [2.45, 2.75) is 31.4 Å². The number of β-amino-alcohol motifs (C(OH)–C–C–N with tert-alkyl or cyclic N) is 1. The smallest absolute Gasteiger partial charge is 0.253 e. The molecule has 5 rings (SSSR count). The third kappa shape index (κ3) is 5.10. The van der Waals surface area contributed by atoms with Crippen LogP contribution in [0, 0.1) is 0 Å². The molecule has 0 saturated carbocycles. The van der Waals surface area contributed by atoms with Gasteiger partial charge in [0.05, 0.1) is 12.1 Å². The second kappa shape index (κ2) is 9.76. The number of aliphatic hydroxyl groups is 1. The lowest BCUT2D eigenvalue weighted by Gasteiger charge is -2.39. The number of carbonyl (C=O) groups is 2. The highest BCUT2D eigenvalue weighted by molar-refractivity contribution is 5.94. The van der Waals surface area contributed by atoms with E-state index in [1.807, 2.05) is 35.2 Å². The van der Waals surface area contributed by atoms with Gasteiger partial charge in [0.2, 0.25) is 5.91 Å². The molecule has 1 N–H and O–H groups in total. The fourth-order valence-electron chi connectivity index (χ4n) is 5.45. The van der Waals surface area contributed by atoms with Crippen LogP contribution in [0.4, 0.5) is 5.69 Å². The fraction of sp³-hybridized carbons (Fsp3) is 0.481. The van der Waals surface area contributed by atoms with Gasteiger partial charge in [0.25, 0.3) is 5.91 Å². The van der Waals surface area contributed by atoms with Crippen LogP contribution in [-0.4, -0.2) is 89.6 Å². The highest BCUT2D eigenvalue weighted by atomic mass is 16.3. The second-order valence-electron chi connectivity index (χ2n) is 9.92. The van der Waals surface area contributed by atoms with E-state index in [9.17, 15) is 14.7 Å². The van der Waals surface area contributed by atoms with Crippen molar-refractivity contribution in [1.82, 2.24) is 14.7 Å². The highest BCUT2D eigenvalue weighted by Gasteiger charge is 2.40. The Balaban J connectivity index is 1.15. The number of benzene rings is 2. The first kappa shape index (κ1) is 22.9. The zero-order chi connectivity index (χ0) is 23.5. The maximum absolute atomic E-state index is 13.2. The molecule has 0 unspecified atom stereocenters. The van der Waals surface area contributed by atoms with Crippen molar-refractivity contribution in [1.29, 1.82) is 0 Å². The quantitative estimate of drug-likeness (QED) is 0.713. The SMILES string of the molecule is O=C1CCCN1Cc1cccc(C(=O)N2CC[C@@](O)(CN3CCN(c4ccccc4)CC3)C2)c1. The number of anilines is 1. The molecular formula is C27H34N4O3. The molecule has 3 saturated heterocycles. The molecule has 2 aromatic carbocycles. The van der Waals surface area contributed by atoms with Crippen LogP contribution in [0.1, 0.15) is 35.2 Å².